The zero-order valence-electron chi connectivity index (χ0n) is 18.4. The van der Waals surface area contributed by atoms with Crippen molar-refractivity contribution in [1.82, 2.24) is 19.6 Å². The van der Waals surface area contributed by atoms with Crippen LogP contribution in [0.3, 0.4) is 0 Å². The number of likely N-dealkylation sites (tertiary alicyclic amines) is 1. The quantitative estimate of drug-likeness (QED) is 0.571. The van der Waals surface area contributed by atoms with Gasteiger partial charge in [0.2, 0.25) is 11.8 Å². The zero-order valence-corrected chi connectivity index (χ0v) is 18.4. The minimum absolute atomic E-state index is 0.115. The molecule has 3 aromatic rings. The molecule has 0 bridgehead atoms. The third kappa shape index (κ3) is 5.85. The molecule has 1 aromatic carbocycles. The Labute approximate surface area is 191 Å². The zero-order chi connectivity index (χ0) is 23.2. The van der Waals surface area contributed by atoms with Gasteiger partial charge in [-0.05, 0) is 38.0 Å². The molecule has 0 aliphatic carbocycles. The molecule has 1 fully saturated rings. The van der Waals surface area contributed by atoms with Crippen LogP contribution in [0.5, 0.6) is 0 Å². The molecule has 2 N–H and O–H groups in total. The van der Waals surface area contributed by atoms with Gasteiger partial charge in [-0.2, -0.15) is 0 Å². The van der Waals surface area contributed by atoms with Crippen LogP contribution in [0.2, 0.25) is 0 Å². The summed E-state index contributed by atoms with van der Waals surface area (Å²) in [5.41, 5.74) is 1.08. The lowest BCUT2D eigenvalue weighted by Crippen LogP contribution is -2.41. The van der Waals surface area contributed by atoms with Gasteiger partial charge in [-0.3, -0.25) is 14.4 Å². The van der Waals surface area contributed by atoms with E-state index in [0.29, 0.717) is 61.7 Å². The monoisotopic (exact) mass is 450 g/mol. The predicted molar refractivity (Wildman–Crippen MR) is 120 cm³/mol. The molecule has 4 rings (SSSR count). The molecule has 3 heterocycles. The number of imidazole rings is 1. The van der Waals surface area contributed by atoms with Gasteiger partial charge < -0.3 is 24.6 Å². The molecule has 1 aliphatic rings. The molecule has 33 heavy (non-hydrogen) atoms. The lowest BCUT2D eigenvalue weighted by molar-refractivity contribution is -0.121. The van der Waals surface area contributed by atoms with E-state index >= 15 is 0 Å². The van der Waals surface area contributed by atoms with Crippen molar-refractivity contribution in [2.75, 3.05) is 23.7 Å². The van der Waals surface area contributed by atoms with Gasteiger partial charge in [0.25, 0.3) is 5.91 Å². The van der Waals surface area contributed by atoms with Crippen molar-refractivity contribution >= 4 is 29.2 Å². The van der Waals surface area contributed by atoms with E-state index in [9.17, 15) is 14.4 Å². The number of nitrogens with one attached hydrogen (secondary N) is 2. The van der Waals surface area contributed by atoms with Crippen LogP contribution in [0.1, 0.15) is 35.4 Å². The van der Waals surface area contributed by atoms with Gasteiger partial charge in [0.15, 0.2) is 5.82 Å². The second kappa shape index (κ2) is 10.1. The molecule has 0 radical (unpaired) electrons. The summed E-state index contributed by atoms with van der Waals surface area (Å²) in [5.74, 6) is 0.475. The number of benzene rings is 1. The van der Waals surface area contributed by atoms with Crippen molar-refractivity contribution in [2.45, 2.75) is 32.7 Å². The Balaban J connectivity index is 1.27. The van der Waals surface area contributed by atoms with Crippen LogP contribution in [-0.2, 0) is 16.1 Å². The van der Waals surface area contributed by atoms with Crippen LogP contribution in [0.25, 0.3) is 0 Å². The Morgan fingerprint density at radius 1 is 1.15 bits per heavy atom. The lowest BCUT2D eigenvalue weighted by Gasteiger charge is -2.31. The Morgan fingerprint density at radius 3 is 2.67 bits per heavy atom. The fraction of sp³-hybridized carbons (Fsp3) is 0.348. The number of anilines is 2. The molecule has 3 amide bonds. The van der Waals surface area contributed by atoms with E-state index in [1.165, 1.54) is 0 Å². The molecule has 2 aromatic heterocycles. The predicted octanol–water partition coefficient (Wildman–Crippen LogP) is 2.70. The number of aryl methyl sites for hydroxylation is 2. The SMILES string of the molecule is Cc1cc(NC(=O)C2CCN(C(=O)c3cccc(NC(=O)CCn4ccnc4)c3)CC2)no1. The first kappa shape index (κ1) is 22.3. The van der Waals surface area contributed by atoms with E-state index in [4.69, 9.17) is 4.52 Å². The van der Waals surface area contributed by atoms with E-state index in [1.807, 2.05) is 4.57 Å². The van der Waals surface area contributed by atoms with Gasteiger partial charge in [-0.1, -0.05) is 11.2 Å². The molecule has 172 valence electrons. The molecular formula is C23H26N6O4. The highest BCUT2D eigenvalue weighted by Crippen LogP contribution is 2.22. The third-order valence-electron chi connectivity index (χ3n) is 5.58. The largest absolute Gasteiger partial charge is 0.360 e. The minimum Gasteiger partial charge on any atom is -0.360 e. The standard InChI is InChI=1S/C23H26N6O4/c1-16-13-20(27-33-16)26-22(31)17-5-10-29(11-6-17)23(32)18-3-2-4-19(14-18)25-21(30)7-9-28-12-8-24-15-28/h2-4,8,12-15,17H,5-7,9-11H2,1H3,(H,25,30)(H,26,27,31). The van der Waals surface area contributed by atoms with E-state index in [0.717, 1.165) is 0 Å². The van der Waals surface area contributed by atoms with Crippen LogP contribution < -0.4 is 10.6 Å². The molecule has 1 aliphatic heterocycles. The molecule has 10 heteroatoms. The number of hydrogen-bond acceptors (Lipinski definition) is 6. The second-order valence-corrected chi connectivity index (χ2v) is 8.06. The number of carbonyl (C=O) groups excluding carboxylic acids is 3. The molecule has 0 saturated carbocycles. The topological polar surface area (TPSA) is 122 Å². The highest BCUT2D eigenvalue weighted by molar-refractivity contribution is 5.97. The normalized spacial score (nSPS) is 14.2. The van der Waals surface area contributed by atoms with E-state index < -0.39 is 0 Å². The first-order chi connectivity index (χ1) is 16.0. The maximum absolute atomic E-state index is 13.0. The van der Waals surface area contributed by atoms with Gasteiger partial charge in [0.05, 0.1) is 6.33 Å². The molecule has 0 spiro atoms. The van der Waals surface area contributed by atoms with Crippen molar-refractivity contribution in [3.63, 3.8) is 0 Å². The summed E-state index contributed by atoms with van der Waals surface area (Å²) in [5, 5.41) is 9.38. The summed E-state index contributed by atoms with van der Waals surface area (Å²) in [7, 11) is 0. The molecule has 1 saturated heterocycles. The number of aromatic nitrogens is 3. The summed E-state index contributed by atoms with van der Waals surface area (Å²) >= 11 is 0. The summed E-state index contributed by atoms with van der Waals surface area (Å²) in [6.45, 7) is 3.25. The number of piperidine rings is 1. The van der Waals surface area contributed by atoms with Gasteiger partial charge in [-0.25, -0.2) is 4.98 Å². The Kier molecular flexibility index (Phi) is 6.82. The van der Waals surface area contributed by atoms with Crippen LogP contribution >= 0.6 is 0 Å². The van der Waals surface area contributed by atoms with E-state index in [-0.39, 0.29) is 23.6 Å². The smallest absolute Gasteiger partial charge is 0.253 e. The van der Waals surface area contributed by atoms with Gasteiger partial charge in [0.1, 0.15) is 5.76 Å². The van der Waals surface area contributed by atoms with Crippen molar-refractivity contribution in [2.24, 2.45) is 5.92 Å². The van der Waals surface area contributed by atoms with Crippen molar-refractivity contribution < 1.29 is 18.9 Å². The number of amides is 3. The van der Waals surface area contributed by atoms with Gasteiger partial charge in [0, 0.05) is 61.7 Å². The van der Waals surface area contributed by atoms with Gasteiger partial charge >= 0.3 is 0 Å². The summed E-state index contributed by atoms with van der Waals surface area (Å²) in [6.07, 6.45) is 6.57. The van der Waals surface area contributed by atoms with Gasteiger partial charge in [-0.15, -0.1) is 0 Å². The summed E-state index contributed by atoms with van der Waals surface area (Å²) in [6, 6.07) is 8.59. The highest BCUT2D eigenvalue weighted by atomic mass is 16.5. The average Bonchev–Trinajstić information content (AvgIpc) is 3.49. The number of nitrogens with zero attached hydrogens (tertiary/aromatic N) is 4. The second-order valence-electron chi connectivity index (χ2n) is 8.06. The fourth-order valence-electron chi connectivity index (χ4n) is 3.78. The Morgan fingerprint density at radius 2 is 1.97 bits per heavy atom. The molecular weight excluding hydrogens is 424 g/mol. The van der Waals surface area contributed by atoms with Crippen molar-refractivity contribution in [3.05, 3.63) is 60.4 Å². The van der Waals surface area contributed by atoms with E-state index in [2.05, 4.69) is 20.8 Å². The van der Waals surface area contributed by atoms with Crippen molar-refractivity contribution in [3.8, 4) is 0 Å². The maximum Gasteiger partial charge on any atom is 0.253 e. The fourth-order valence-corrected chi connectivity index (χ4v) is 3.78. The third-order valence-corrected chi connectivity index (χ3v) is 5.58. The maximum atomic E-state index is 13.0. The minimum atomic E-state index is -0.188. The first-order valence-corrected chi connectivity index (χ1v) is 10.9. The lowest BCUT2D eigenvalue weighted by atomic mass is 9.95. The van der Waals surface area contributed by atoms with Crippen LogP contribution in [0.4, 0.5) is 11.5 Å². The van der Waals surface area contributed by atoms with Crippen LogP contribution in [0.15, 0.2) is 53.6 Å². The highest BCUT2D eigenvalue weighted by Gasteiger charge is 2.28. The first-order valence-electron chi connectivity index (χ1n) is 10.9. The Bertz CT molecular complexity index is 1120. The van der Waals surface area contributed by atoms with Crippen LogP contribution in [0, 0.1) is 12.8 Å². The van der Waals surface area contributed by atoms with Crippen LogP contribution in [-0.4, -0.2) is 50.4 Å². The summed E-state index contributed by atoms with van der Waals surface area (Å²) < 4.78 is 6.80. The average molecular weight is 450 g/mol. The number of hydrogen-bond donors (Lipinski definition) is 2. The summed E-state index contributed by atoms with van der Waals surface area (Å²) in [4.78, 5) is 43.4. The number of carbonyl (C=O) groups is 3. The van der Waals surface area contributed by atoms with E-state index in [1.54, 1.807) is 60.9 Å². The Hall–Kier alpha value is -3.95. The molecule has 0 unspecified atom stereocenters. The molecule has 10 nitrogen and oxygen atoms in total. The number of rotatable bonds is 7. The molecule has 0 atom stereocenters. The van der Waals surface area contributed by atoms with Crippen molar-refractivity contribution in [1.29, 1.82) is 0 Å².